The number of carbonyl (C=O) groups excluding carboxylic acids is 1. The first kappa shape index (κ1) is 20.6. The predicted octanol–water partition coefficient (Wildman–Crippen LogP) is 1.65. The fourth-order valence-corrected chi connectivity index (χ4v) is 5.60. The van der Waals surface area contributed by atoms with Gasteiger partial charge in [0.25, 0.3) is 0 Å². The number of amides is 1. The van der Waals surface area contributed by atoms with Crippen LogP contribution < -0.4 is 0 Å². The molecule has 6 heteroatoms. The van der Waals surface area contributed by atoms with E-state index in [-0.39, 0.29) is 6.04 Å². The highest BCUT2D eigenvalue weighted by atomic mass is 16.5. The summed E-state index contributed by atoms with van der Waals surface area (Å²) >= 11 is 0. The predicted molar refractivity (Wildman–Crippen MR) is 111 cm³/mol. The molecule has 0 bridgehead atoms. The van der Waals surface area contributed by atoms with E-state index in [2.05, 4.69) is 19.6 Å². The summed E-state index contributed by atoms with van der Waals surface area (Å²) in [5, 5.41) is 0. The molecule has 0 spiro atoms. The highest BCUT2D eigenvalue weighted by molar-refractivity contribution is 5.82. The zero-order valence-corrected chi connectivity index (χ0v) is 17.7. The summed E-state index contributed by atoms with van der Waals surface area (Å²) < 4.78 is 5.56. The van der Waals surface area contributed by atoms with Gasteiger partial charge in [-0.2, -0.15) is 0 Å². The topological polar surface area (TPSA) is 39.3 Å². The minimum atomic E-state index is 0.167. The van der Waals surface area contributed by atoms with Crippen LogP contribution in [-0.4, -0.2) is 110 Å². The molecule has 3 aliphatic heterocycles. The second kappa shape index (κ2) is 10.4. The lowest BCUT2D eigenvalue weighted by atomic mass is 9.97. The Morgan fingerprint density at radius 1 is 0.714 bits per heavy atom. The van der Waals surface area contributed by atoms with Crippen molar-refractivity contribution in [1.82, 2.24) is 19.6 Å². The first-order valence-electron chi connectivity index (χ1n) is 11.9. The van der Waals surface area contributed by atoms with Gasteiger partial charge in [0, 0.05) is 65.0 Å². The van der Waals surface area contributed by atoms with Gasteiger partial charge in [-0.25, -0.2) is 0 Å². The molecule has 0 unspecified atom stereocenters. The van der Waals surface area contributed by atoms with Crippen LogP contribution in [0.25, 0.3) is 0 Å². The van der Waals surface area contributed by atoms with E-state index in [1.54, 1.807) is 0 Å². The quantitative estimate of drug-likeness (QED) is 0.711. The van der Waals surface area contributed by atoms with Crippen LogP contribution in [0.4, 0.5) is 0 Å². The van der Waals surface area contributed by atoms with Crippen molar-refractivity contribution in [1.29, 1.82) is 0 Å². The van der Waals surface area contributed by atoms with E-state index < -0.39 is 0 Å². The highest BCUT2D eigenvalue weighted by Gasteiger charge is 2.37. The number of nitrogens with zero attached hydrogens (tertiary/aromatic N) is 4. The Labute approximate surface area is 171 Å². The van der Waals surface area contributed by atoms with E-state index in [0.29, 0.717) is 11.9 Å². The molecule has 0 radical (unpaired) electrons. The Morgan fingerprint density at radius 2 is 1.43 bits per heavy atom. The van der Waals surface area contributed by atoms with Crippen molar-refractivity contribution in [3.05, 3.63) is 0 Å². The normalized spacial score (nSPS) is 29.9. The molecule has 1 aliphatic carbocycles. The van der Waals surface area contributed by atoms with Crippen molar-refractivity contribution in [2.45, 2.75) is 63.5 Å². The van der Waals surface area contributed by atoms with Crippen molar-refractivity contribution in [3.63, 3.8) is 0 Å². The summed E-state index contributed by atoms with van der Waals surface area (Å²) in [4.78, 5) is 23.2. The lowest BCUT2D eigenvalue weighted by Gasteiger charge is -2.43. The molecule has 0 aromatic heterocycles. The standard InChI is InChI=1S/C22H40N4O2/c27-22(21-8-3-4-10-26(21)20-6-1-2-7-20)25-15-13-24(14-16-25)12-11-23-9-5-18-28-19-17-23/h20-21H,1-19H2/t21-/m0/s1. The molecule has 1 atom stereocenters. The van der Waals surface area contributed by atoms with Gasteiger partial charge < -0.3 is 9.64 Å². The van der Waals surface area contributed by atoms with Gasteiger partial charge in [-0.05, 0) is 38.6 Å². The third-order valence-corrected chi connectivity index (χ3v) is 7.35. The number of piperazine rings is 1. The maximum atomic E-state index is 13.3. The largest absolute Gasteiger partial charge is 0.380 e. The highest BCUT2D eigenvalue weighted by Crippen LogP contribution is 2.30. The third-order valence-electron chi connectivity index (χ3n) is 7.35. The molecule has 28 heavy (non-hydrogen) atoms. The van der Waals surface area contributed by atoms with Crippen LogP contribution in [0.15, 0.2) is 0 Å². The number of hydrogen-bond donors (Lipinski definition) is 0. The maximum Gasteiger partial charge on any atom is 0.240 e. The van der Waals surface area contributed by atoms with Crippen LogP contribution in [0.3, 0.4) is 0 Å². The third kappa shape index (κ3) is 5.26. The van der Waals surface area contributed by atoms with E-state index in [9.17, 15) is 4.79 Å². The van der Waals surface area contributed by atoms with Gasteiger partial charge in [0.05, 0.1) is 12.6 Å². The molecule has 0 N–H and O–H groups in total. The lowest BCUT2D eigenvalue weighted by molar-refractivity contribution is -0.141. The number of carbonyl (C=O) groups is 1. The molecule has 4 fully saturated rings. The Bertz CT molecular complexity index is 481. The van der Waals surface area contributed by atoms with Gasteiger partial charge in [-0.1, -0.05) is 19.3 Å². The molecule has 4 aliphatic rings. The van der Waals surface area contributed by atoms with Crippen molar-refractivity contribution >= 4 is 5.91 Å². The van der Waals surface area contributed by atoms with E-state index in [1.807, 2.05) is 0 Å². The molecule has 4 rings (SSSR count). The molecule has 160 valence electrons. The van der Waals surface area contributed by atoms with Crippen molar-refractivity contribution in [2.24, 2.45) is 0 Å². The monoisotopic (exact) mass is 392 g/mol. The lowest BCUT2D eigenvalue weighted by Crippen LogP contribution is -2.58. The zero-order chi connectivity index (χ0) is 19.2. The van der Waals surface area contributed by atoms with E-state index in [4.69, 9.17) is 4.74 Å². The summed E-state index contributed by atoms with van der Waals surface area (Å²) in [5.74, 6) is 0.427. The fraction of sp³-hybridized carbons (Fsp3) is 0.955. The van der Waals surface area contributed by atoms with Gasteiger partial charge >= 0.3 is 0 Å². The molecule has 0 aromatic carbocycles. The Kier molecular flexibility index (Phi) is 7.62. The van der Waals surface area contributed by atoms with Crippen LogP contribution >= 0.6 is 0 Å². The van der Waals surface area contributed by atoms with E-state index in [1.165, 1.54) is 38.5 Å². The molecule has 1 amide bonds. The molecule has 3 saturated heterocycles. The average molecular weight is 393 g/mol. The van der Waals surface area contributed by atoms with Gasteiger partial charge in [0.2, 0.25) is 5.91 Å². The minimum absolute atomic E-state index is 0.167. The molecule has 0 aromatic rings. The average Bonchev–Trinajstić information content (AvgIpc) is 3.16. The second-order valence-electron chi connectivity index (χ2n) is 9.16. The number of hydrogen-bond acceptors (Lipinski definition) is 5. The molecule has 3 heterocycles. The summed E-state index contributed by atoms with van der Waals surface area (Å²) in [6, 6.07) is 0.841. The number of ether oxygens (including phenoxy) is 1. The van der Waals surface area contributed by atoms with Crippen LogP contribution in [0.5, 0.6) is 0 Å². The smallest absolute Gasteiger partial charge is 0.240 e. The second-order valence-corrected chi connectivity index (χ2v) is 9.16. The Hall–Kier alpha value is -0.690. The van der Waals surface area contributed by atoms with E-state index >= 15 is 0 Å². The summed E-state index contributed by atoms with van der Waals surface area (Å²) in [5.41, 5.74) is 0. The van der Waals surface area contributed by atoms with Gasteiger partial charge in [0.15, 0.2) is 0 Å². The van der Waals surface area contributed by atoms with Crippen molar-refractivity contribution in [2.75, 3.05) is 72.1 Å². The van der Waals surface area contributed by atoms with Crippen LogP contribution in [0.1, 0.15) is 51.4 Å². The van der Waals surface area contributed by atoms with Crippen LogP contribution in [0.2, 0.25) is 0 Å². The summed E-state index contributed by atoms with van der Waals surface area (Å²) in [6.07, 6.45) is 10.0. The first-order chi connectivity index (χ1) is 13.8. The van der Waals surface area contributed by atoms with Crippen molar-refractivity contribution < 1.29 is 9.53 Å². The SMILES string of the molecule is O=C([C@@H]1CCCCN1C1CCCC1)N1CCN(CCN2CCCOCC2)CC1. The number of likely N-dealkylation sites (tertiary alicyclic amines) is 1. The minimum Gasteiger partial charge on any atom is -0.380 e. The van der Waals surface area contributed by atoms with Crippen LogP contribution in [0, 0.1) is 0 Å². The van der Waals surface area contributed by atoms with Crippen molar-refractivity contribution in [3.8, 4) is 0 Å². The first-order valence-corrected chi connectivity index (χ1v) is 11.9. The zero-order valence-electron chi connectivity index (χ0n) is 17.7. The fourth-order valence-electron chi connectivity index (χ4n) is 5.60. The summed E-state index contributed by atoms with van der Waals surface area (Å²) in [7, 11) is 0. The molecule has 6 nitrogen and oxygen atoms in total. The number of piperidine rings is 1. The van der Waals surface area contributed by atoms with Gasteiger partial charge in [0.1, 0.15) is 0 Å². The van der Waals surface area contributed by atoms with Crippen LogP contribution in [-0.2, 0) is 9.53 Å². The number of rotatable bonds is 5. The van der Waals surface area contributed by atoms with Gasteiger partial charge in [-0.15, -0.1) is 0 Å². The molecular formula is C22H40N4O2. The Balaban J connectivity index is 1.22. The molecule has 1 saturated carbocycles. The Morgan fingerprint density at radius 3 is 2.21 bits per heavy atom. The molecular weight excluding hydrogens is 352 g/mol. The van der Waals surface area contributed by atoms with E-state index in [0.717, 1.165) is 85.0 Å². The maximum absolute atomic E-state index is 13.3. The summed E-state index contributed by atoms with van der Waals surface area (Å²) in [6.45, 7) is 11.3. The van der Waals surface area contributed by atoms with Gasteiger partial charge in [-0.3, -0.25) is 19.5 Å².